The number of rotatable bonds is 5. The van der Waals surface area contributed by atoms with Crippen LogP contribution in [-0.4, -0.2) is 57.3 Å². The van der Waals surface area contributed by atoms with Crippen molar-refractivity contribution in [2.75, 3.05) is 32.5 Å². The van der Waals surface area contributed by atoms with Crippen molar-refractivity contribution in [1.82, 2.24) is 9.62 Å². The molecule has 1 spiro atoms. The van der Waals surface area contributed by atoms with E-state index in [1.54, 1.807) is 0 Å². The van der Waals surface area contributed by atoms with Gasteiger partial charge < -0.3 is 9.64 Å². The fourth-order valence-electron chi connectivity index (χ4n) is 3.58. The quantitative estimate of drug-likeness (QED) is 0.863. The van der Waals surface area contributed by atoms with Crippen molar-refractivity contribution < 1.29 is 17.9 Å². The molecule has 2 aliphatic rings. The Morgan fingerprint density at radius 2 is 2.00 bits per heavy atom. The van der Waals surface area contributed by atoms with E-state index in [0.717, 1.165) is 18.4 Å². The van der Waals surface area contributed by atoms with Crippen LogP contribution in [0, 0.1) is 12.8 Å². The molecule has 0 aromatic heterocycles. The van der Waals surface area contributed by atoms with Crippen LogP contribution in [0.25, 0.3) is 0 Å². The zero-order valence-corrected chi connectivity index (χ0v) is 14.9. The highest BCUT2D eigenvalue weighted by Crippen LogP contribution is 2.42. The molecule has 0 bridgehead atoms. The van der Waals surface area contributed by atoms with Gasteiger partial charge in [0, 0.05) is 18.7 Å². The van der Waals surface area contributed by atoms with Crippen molar-refractivity contribution in [2.24, 2.45) is 5.92 Å². The van der Waals surface area contributed by atoms with Crippen LogP contribution in [0.15, 0.2) is 24.3 Å². The summed E-state index contributed by atoms with van der Waals surface area (Å²) in [5.41, 5.74) is 1.53. The van der Waals surface area contributed by atoms with Gasteiger partial charge in [-0.05, 0) is 37.8 Å². The van der Waals surface area contributed by atoms with E-state index < -0.39 is 10.0 Å². The lowest BCUT2D eigenvalue weighted by Gasteiger charge is -2.50. The molecule has 6 nitrogen and oxygen atoms in total. The summed E-state index contributed by atoms with van der Waals surface area (Å²) in [6.07, 6.45) is 2.82. The van der Waals surface area contributed by atoms with Crippen LogP contribution in [0.5, 0.6) is 0 Å². The van der Waals surface area contributed by atoms with Crippen LogP contribution in [0.3, 0.4) is 0 Å². The first-order valence-electron chi connectivity index (χ1n) is 8.24. The van der Waals surface area contributed by atoms with Crippen LogP contribution < -0.4 is 4.72 Å². The lowest BCUT2D eigenvalue weighted by Crippen LogP contribution is -2.66. The number of aryl methyl sites for hydroxylation is 1. The second-order valence-electron chi connectivity index (χ2n) is 6.88. The van der Waals surface area contributed by atoms with E-state index in [-0.39, 0.29) is 17.4 Å². The predicted octanol–water partition coefficient (Wildman–Crippen LogP) is 1.17. The van der Waals surface area contributed by atoms with Gasteiger partial charge in [-0.3, -0.25) is 4.79 Å². The molecule has 1 amide bonds. The minimum absolute atomic E-state index is 0.0316. The van der Waals surface area contributed by atoms with Crippen molar-refractivity contribution in [3.8, 4) is 0 Å². The predicted molar refractivity (Wildman–Crippen MR) is 91.3 cm³/mol. The number of sulfonamides is 1. The van der Waals surface area contributed by atoms with E-state index in [9.17, 15) is 13.2 Å². The zero-order valence-electron chi connectivity index (χ0n) is 14.1. The van der Waals surface area contributed by atoms with Gasteiger partial charge in [-0.15, -0.1) is 0 Å². The van der Waals surface area contributed by atoms with E-state index in [1.807, 2.05) is 36.1 Å². The van der Waals surface area contributed by atoms with Gasteiger partial charge in [0.1, 0.15) is 5.60 Å². The summed E-state index contributed by atoms with van der Waals surface area (Å²) in [5.74, 6) is 0.318. The molecule has 2 aliphatic heterocycles. The molecule has 1 atom stereocenters. The monoisotopic (exact) mass is 352 g/mol. The third-order valence-electron chi connectivity index (χ3n) is 4.96. The Balaban J connectivity index is 1.57. The molecule has 7 heteroatoms. The summed E-state index contributed by atoms with van der Waals surface area (Å²) in [6.45, 7) is 4.26. The number of nitrogens with zero attached hydrogens (tertiary/aromatic N) is 1. The van der Waals surface area contributed by atoms with Crippen molar-refractivity contribution in [2.45, 2.75) is 25.4 Å². The summed E-state index contributed by atoms with van der Waals surface area (Å²) in [4.78, 5) is 14.3. The summed E-state index contributed by atoms with van der Waals surface area (Å²) < 4.78 is 30.8. The van der Waals surface area contributed by atoms with Gasteiger partial charge in [-0.25, -0.2) is 13.1 Å². The first kappa shape index (κ1) is 17.4. The van der Waals surface area contributed by atoms with Gasteiger partial charge in [0.2, 0.25) is 10.0 Å². The average Bonchev–Trinajstić information content (AvgIpc) is 2.88. The highest BCUT2D eigenvalue weighted by atomic mass is 32.2. The molecular formula is C17H24N2O4S. The fraction of sp³-hybridized carbons (Fsp3) is 0.588. The third-order valence-corrected chi connectivity index (χ3v) is 5.69. The van der Waals surface area contributed by atoms with Crippen LogP contribution >= 0.6 is 0 Å². The van der Waals surface area contributed by atoms with E-state index in [1.165, 1.54) is 6.26 Å². The lowest BCUT2D eigenvalue weighted by atomic mass is 9.78. The molecule has 24 heavy (non-hydrogen) atoms. The number of amides is 1. The second-order valence-corrected chi connectivity index (χ2v) is 8.71. The largest absolute Gasteiger partial charge is 0.371 e. The molecule has 2 heterocycles. The molecule has 0 radical (unpaired) electrons. The Labute approximate surface area is 143 Å². The van der Waals surface area contributed by atoms with E-state index in [2.05, 4.69) is 4.72 Å². The Kier molecular flexibility index (Phi) is 4.68. The lowest BCUT2D eigenvalue weighted by molar-refractivity contribution is -0.117. The minimum Gasteiger partial charge on any atom is -0.371 e. The number of ether oxygens (including phenoxy) is 1. The van der Waals surface area contributed by atoms with Gasteiger partial charge >= 0.3 is 0 Å². The molecule has 1 N–H and O–H groups in total. The van der Waals surface area contributed by atoms with Gasteiger partial charge in [-0.2, -0.15) is 0 Å². The summed E-state index contributed by atoms with van der Waals surface area (Å²) >= 11 is 0. The molecule has 2 fully saturated rings. The molecule has 1 unspecified atom stereocenters. The molecule has 2 saturated heterocycles. The maximum atomic E-state index is 12.5. The minimum atomic E-state index is -3.16. The smallest absolute Gasteiger partial charge is 0.254 e. The number of likely N-dealkylation sites (tertiary alicyclic amines) is 1. The van der Waals surface area contributed by atoms with Crippen LogP contribution in [0.1, 0.15) is 28.8 Å². The molecule has 132 valence electrons. The maximum absolute atomic E-state index is 12.5. The number of nitrogens with one attached hydrogen (secondary N) is 1. The van der Waals surface area contributed by atoms with Crippen LogP contribution in [0.2, 0.25) is 0 Å². The Morgan fingerprint density at radius 3 is 2.62 bits per heavy atom. The fourth-order valence-corrected chi connectivity index (χ4v) is 4.07. The number of hydrogen-bond donors (Lipinski definition) is 1. The molecular weight excluding hydrogens is 328 g/mol. The molecule has 1 aromatic rings. The normalized spacial score (nSPS) is 22.6. The van der Waals surface area contributed by atoms with Crippen molar-refractivity contribution in [3.63, 3.8) is 0 Å². The first-order valence-corrected chi connectivity index (χ1v) is 10.1. The van der Waals surface area contributed by atoms with Gasteiger partial charge in [0.15, 0.2) is 0 Å². The van der Waals surface area contributed by atoms with Crippen LogP contribution in [0.4, 0.5) is 0 Å². The second kappa shape index (κ2) is 6.46. The Morgan fingerprint density at radius 1 is 1.33 bits per heavy atom. The Bertz CT molecular complexity index is 709. The van der Waals surface area contributed by atoms with Gasteiger partial charge in [0.25, 0.3) is 5.91 Å². The van der Waals surface area contributed by atoms with E-state index in [0.29, 0.717) is 31.8 Å². The highest BCUT2D eigenvalue weighted by Gasteiger charge is 2.54. The molecule has 0 saturated carbocycles. The molecule has 3 rings (SSSR count). The first-order chi connectivity index (χ1) is 11.3. The number of hydrogen-bond acceptors (Lipinski definition) is 4. The summed E-state index contributed by atoms with van der Waals surface area (Å²) in [5, 5.41) is 0. The topological polar surface area (TPSA) is 75.7 Å². The number of benzene rings is 1. The van der Waals surface area contributed by atoms with E-state index >= 15 is 0 Å². The third kappa shape index (κ3) is 3.63. The van der Waals surface area contributed by atoms with Gasteiger partial charge in [-0.1, -0.05) is 17.7 Å². The van der Waals surface area contributed by atoms with Crippen LogP contribution in [-0.2, 0) is 14.8 Å². The maximum Gasteiger partial charge on any atom is 0.254 e. The summed E-state index contributed by atoms with van der Waals surface area (Å²) in [7, 11) is -3.16. The van der Waals surface area contributed by atoms with Crippen molar-refractivity contribution >= 4 is 15.9 Å². The SMILES string of the molecule is Cc1ccc(C(=O)N2CC3(C2)OCCC3CCNS(C)(=O)=O)cc1. The van der Waals surface area contributed by atoms with Crippen molar-refractivity contribution in [3.05, 3.63) is 35.4 Å². The Hall–Kier alpha value is -1.44. The van der Waals surface area contributed by atoms with Gasteiger partial charge in [0.05, 0.1) is 19.3 Å². The number of carbonyl (C=O) groups excluding carboxylic acids is 1. The molecule has 1 aromatic carbocycles. The standard InChI is InChI=1S/C17H24N2O4S/c1-13-3-5-14(6-4-13)16(20)19-11-17(12-19)15(8-10-23-17)7-9-18-24(2,21)22/h3-6,15,18H,7-12H2,1-2H3. The molecule has 0 aliphatic carbocycles. The zero-order chi connectivity index (χ0) is 17.4. The van der Waals surface area contributed by atoms with E-state index in [4.69, 9.17) is 4.74 Å². The average molecular weight is 352 g/mol. The summed E-state index contributed by atoms with van der Waals surface area (Å²) in [6, 6.07) is 7.58. The highest BCUT2D eigenvalue weighted by molar-refractivity contribution is 7.88. The number of carbonyl (C=O) groups is 1. The van der Waals surface area contributed by atoms with Crippen molar-refractivity contribution in [1.29, 1.82) is 0 Å².